The van der Waals surface area contributed by atoms with Crippen LogP contribution in [0.3, 0.4) is 0 Å². The molecule has 0 spiro atoms. The molecule has 20 aromatic rings. The highest BCUT2D eigenvalue weighted by molar-refractivity contribution is 6.12. The fourth-order valence-corrected chi connectivity index (χ4v) is 16.0. The maximum Gasteiger partial charge on any atom is 0.435 e. The molecule has 32 heteroatoms. The third kappa shape index (κ3) is 19.8. The molecule has 680 valence electrons. The SMILES string of the molecule is NCC(=O)Nc1ccc(-n2nc(C(F)(F)F)cc2-c2ccc3c(ccc4ccccc43)c2)cc1.NCC(=O)Nc1ccc(-n2nc(C(F)(F)F)cc2-c2ccc3c(ccc4ccccc43)c2)cc1.NCC(=O)Nc1ccc(-n2nc(C(F)(F)F)cc2-c2ccc3c(ccc4ccccc43)c2)cc1.NCC(=O)Nc1ccc(-n2nc(C(F)(F)F)cc2-c2ccc3c(ccc4ccccc43)c2)cc1. The lowest BCUT2D eigenvalue weighted by atomic mass is 9.99. The number of hydrogen-bond acceptors (Lipinski definition) is 12. The first kappa shape index (κ1) is 91.2. The Bertz CT molecular complexity index is 7020. The van der Waals surface area contributed by atoms with Crippen LogP contribution in [0.2, 0.25) is 0 Å². The summed E-state index contributed by atoms with van der Waals surface area (Å²) in [5, 5.41) is 42.2. The molecule has 4 heterocycles. The van der Waals surface area contributed by atoms with Crippen molar-refractivity contribution in [1.29, 1.82) is 0 Å². The lowest BCUT2D eigenvalue weighted by molar-refractivity contribution is -0.142. The highest BCUT2D eigenvalue weighted by Gasteiger charge is 2.39. The van der Waals surface area contributed by atoms with E-state index < -0.39 is 47.5 Å². The number of nitrogens with two attached hydrogens (primary N) is 4. The monoisotopic (exact) mass is 1840 g/mol. The summed E-state index contributed by atoms with van der Waals surface area (Å²) in [4.78, 5) is 46.0. The minimum absolute atomic E-state index is 0.169. The Balaban J connectivity index is 0.000000126. The number of benzene rings is 16. The second kappa shape index (κ2) is 37.9. The average Bonchev–Trinajstić information content (AvgIpc) is 1.72. The molecule has 0 aliphatic heterocycles. The first-order valence-electron chi connectivity index (χ1n) is 42.1. The Kier molecular flexibility index (Phi) is 25.4. The number of rotatable bonds is 16. The number of aromatic nitrogens is 8. The summed E-state index contributed by atoms with van der Waals surface area (Å²) in [6, 6.07) is 99.7. The van der Waals surface area contributed by atoms with Gasteiger partial charge in [0, 0.05) is 45.0 Å². The van der Waals surface area contributed by atoms with Gasteiger partial charge in [-0.1, -0.05) is 194 Å². The van der Waals surface area contributed by atoms with Gasteiger partial charge in [-0.25, -0.2) is 18.7 Å². The van der Waals surface area contributed by atoms with Gasteiger partial charge in [0.05, 0.1) is 71.7 Å². The number of halogens is 12. The molecule has 0 saturated heterocycles. The van der Waals surface area contributed by atoms with Gasteiger partial charge in [0.25, 0.3) is 0 Å². The maximum atomic E-state index is 13.6. The Morgan fingerprint density at radius 3 is 0.581 bits per heavy atom. The van der Waals surface area contributed by atoms with Gasteiger partial charge in [-0.2, -0.15) is 73.1 Å². The van der Waals surface area contributed by atoms with E-state index in [2.05, 4.69) is 41.7 Å². The second-order valence-electron chi connectivity index (χ2n) is 31.4. The fourth-order valence-electron chi connectivity index (χ4n) is 16.0. The van der Waals surface area contributed by atoms with Crippen molar-refractivity contribution in [3.63, 3.8) is 0 Å². The van der Waals surface area contributed by atoms with Crippen LogP contribution in [0.1, 0.15) is 22.8 Å². The molecule has 0 aliphatic carbocycles. The van der Waals surface area contributed by atoms with Crippen LogP contribution >= 0.6 is 0 Å². The molecular formula is C104H76F12N16O4. The number of fused-ring (bicyclic) bond motifs is 12. The van der Waals surface area contributed by atoms with Crippen LogP contribution < -0.4 is 44.2 Å². The van der Waals surface area contributed by atoms with E-state index in [0.29, 0.717) is 90.5 Å². The van der Waals surface area contributed by atoms with Crippen molar-refractivity contribution in [3.05, 3.63) is 362 Å². The van der Waals surface area contributed by atoms with Crippen molar-refractivity contribution in [1.82, 2.24) is 39.1 Å². The van der Waals surface area contributed by atoms with E-state index in [4.69, 9.17) is 22.9 Å². The van der Waals surface area contributed by atoms with E-state index >= 15 is 0 Å². The third-order valence-electron chi connectivity index (χ3n) is 22.5. The zero-order valence-corrected chi connectivity index (χ0v) is 71.2. The van der Waals surface area contributed by atoms with Crippen molar-refractivity contribution in [2.75, 3.05) is 47.4 Å². The van der Waals surface area contributed by atoms with Crippen LogP contribution in [0.5, 0.6) is 0 Å². The summed E-state index contributed by atoms with van der Waals surface area (Å²) in [5.74, 6) is -1.46. The van der Waals surface area contributed by atoms with Crippen molar-refractivity contribution < 1.29 is 71.9 Å². The quantitative estimate of drug-likeness (QED) is 0.0331. The lowest BCUT2D eigenvalue weighted by Crippen LogP contribution is -2.21. The summed E-state index contributed by atoms with van der Waals surface area (Å²) in [7, 11) is 0. The maximum absolute atomic E-state index is 13.6. The summed E-state index contributed by atoms with van der Waals surface area (Å²) in [5.41, 5.74) is 24.6. The molecule has 0 bridgehead atoms. The molecule has 0 unspecified atom stereocenters. The summed E-state index contributed by atoms with van der Waals surface area (Å²) >= 11 is 0. The van der Waals surface area contributed by atoms with E-state index in [0.717, 1.165) is 110 Å². The predicted molar refractivity (Wildman–Crippen MR) is 507 cm³/mol. The van der Waals surface area contributed by atoms with Gasteiger partial charge < -0.3 is 44.2 Å². The van der Waals surface area contributed by atoms with Crippen molar-refractivity contribution in [3.8, 4) is 67.8 Å². The number of carbonyl (C=O) groups is 4. The number of nitrogens with zero attached hydrogens (tertiary/aromatic N) is 8. The topological polar surface area (TPSA) is 292 Å². The molecule has 4 aromatic heterocycles. The second-order valence-corrected chi connectivity index (χ2v) is 31.4. The number of nitrogens with one attached hydrogen (secondary N) is 4. The molecule has 0 radical (unpaired) electrons. The van der Waals surface area contributed by atoms with Crippen LogP contribution in [0.4, 0.5) is 75.4 Å². The van der Waals surface area contributed by atoms with Crippen molar-refractivity contribution in [2.45, 2.75) is 24.7 Å². The fraction of sp³-hybridized carbons (Fsp3) is 0.0769. The molecule has 12 N–H and O–H groups in total. The standard InChI is InChI=1S/4C26H19F3N4O/c4*27-26(28,29)24-14-23(33(32-24)20-10-8-19(9-11-20)31-25(34)15-30)18-7-12-22-17(13-18)6-5-16-3-1-2-4-21(16)22/h4*1-14H,15,30H2,(H,31,34). The summed E-state index contributed by atoms with van der Waals surface area (Å²) < 4.78 is 168. The van der Waals surface area contributed by atoms with Crippen LogP contribution in [0.15, 0.2) is 340 Å². The van der Waals surface area contributed by atoms with Crippen LogP contribution in [0.25, 0.3) is 154 Å². The minimum Gasteiger partial charge on any atom is -0.325 e. The van der Waals surface area contributed by atoms with Crippen molar-refractivity contribution in [2.24, 2.45) is 22.9 Å². The van der Waals surface area contributed by atoms with E-state index in [1.54, 1.807) is 121 Å². The highest BCUT2D eigenvalue weighted by atomic mass is 19.4. The van der Waals surface area contributed by atoms with Gasteiger partial charge in [0.15, 0.2) is 22.8 Å². The smallest absolute Gasteiger partial charge is 0.325 e. The number of amides is 4. The van der Waals surface area contributed by atoms with E-state index in [1.807, 2.05) is 194 Å². The first-order chi connectivity index (χ1) is 65.3. The Labute approximate surface area is 765 Å². The first-order valence-corrected chi connectivity index (χ1v) is 42.1. The summed E-state index contributed by atoms with van der Waals surface area (Å²) in [6.45, 7) is -0.678. The lowest BCUT2D eigenvalue weighted by Gasteiger charge is -2.11. The molecular weight excluding hydrogens is 1770 g/mol. The third-order valence-corrected chi connectivity index (χ3v) is 22.5. The van der Waals surface area contributed by atoms with E-state index in [9.17, 15) is 71.9 Å². The molecule has 0 fully saturated rings. The predicted octanol–water partition coefficient (Wildman–Crippen LogP) is 23.0. The number of carbonyl (C=O) groups excluding carboxylic acids is 4. The molecule has 136 heavy (non-hydrogen) atoms. The Morgan fingerprint density at radius 1 is 0.221 bits per heavy atom. The van der Waals surface area contributed by atoms with Gasteiger partial charge in [-0.05, 0) is 232 Å². The van der Waals surface area contributed by atoms with Crippen LogP contribution in [0, 0.1) is 0 Å². The molecule has 0 saturated carbocycles. The number of alkyl halides is 12. The van der Waals surface area contributed by atoms with Crippen LogP contribution in [-0.4, -0.2) is 88.9 Å². The summed E-state index contributed by atoms with van der Waals surface area (Å²) in [6.07, 6.45) is -18.4. The zero-order valence-electron chi connectivity index (χ0n) is 71.2. The molecule has 0 aliphatic rings. The minimum atomic E-state index is -4.60. The zero-order chi connectivity index (χ0) is 95.5. The van der Waals surface area contributed by atoms with E-state index in [1.165, 1.54) is 18.7 Å². The highest BCUT2D eigenvalue weighted by Crippen LogP contribution is 2.43. The van der Waals surface area contributed by atoms with E-state index in [-0.39, 0.29) is 49.8 Å². The Morgan fingerprint density at radius 2 is 0.397 bits per heavy atom. The Hall–Kier alpha value is -16.7. The molecule has 20 nitrogen and oxygen atoms in total. The largest absolute Gasteiger partial charge is 0.435 e. The van der Waals surface area contributed by atoms with Crippen LogP contribution in [-0.2, 0) is 43.9 Å². The number of hydrogen-bond donors (Lipinski definition) is 8. The van der Waals surface area contributed by atoms with Gasteiger partial charge >= 0.3 is 24.7 Å². The van der Waals surface area contributed by atoms with Gasteiger partial charge in [0.2, 0.25) is 23.6 Å². The molecule has 0 atom stereocenters. The van der Waals surface area contributed by atoms with Gasteiger partial charge in [0.1, 0.15) is 0 Å². The van der Waals surface area contributed by atoms with Gasteiger partial charge in [-0.3, -0.25) is 19.2 Å². The normalized spacial score (nSPS) is 11.8. The molecule has 4 amide bonds. The van der Waals surface area contributed by atoms with Crippen molar-refractivity contribution >= 4 is 133 Å². The molecule has 16 aromatic carbocycles. The number of anilines is 4. The van der Waals surface area contributed by atoms with Gasteiger partial charge in [-0.15, -0.1) is 0 Å². The average molecular weight is 1840 g/mol. The molecule has 20 rings (SSSR count).